The van der Waals surface area contributed by atoms with Crippen LogP contribution in [-0.4, -0.2) is 17.3 Å². The molecule has 0 N–H and O–H groups in total. The molecule has 0 amide bonds. The fraction of sp³-hybridized carbons (Fsp3) is 0.900. The van der Waals surface area contributed by atoms with Gasteiger partial charge in [-0.2, -0.15) is 0 Å². The van der Waals surface area contributed by atoms with E-state index >= 15 is 0 Å². The predicted octanol–water partition coefficient (Wildman–Crippen LogP) is 3.10. The molecule has 0 aromatic heterocycles. The molecule has 2 rings (SSSR count). The van der Waals surface area contributed by atoms with Gasteiger partial charge in [-0.05, 0) is 12.8 Å². The summed E-state index contributed by atoms with van der Waals surface area (Å²) in [4.78, 5) is 4.61. The lowest BCUT2D eigenvalue weighted by molar-refractivity contribution is 0.317. The van der Waals surface area contributed by atoms with Crippen molar-refractivity contribution in [2.75, 3.05) is 12.3 Å². The number of nitrogens with zero attached hydrogens (tertiary/aromatic N) is 1. The Morgan fingerprint density at radius 2 is 2.00 bits per heavy atom. The molecule has 0 aromatic rings. The van der Waals surface area contributed by atoms with Gasteiger partial charge in [0, 0.05) is 17.7 Å². The molecule has 0 unspecified atom stereocenters. The minimum atomic E-state index is 0.472. The van der Waals surface area contributed by atoms with Crippen molar-refractivity contribution >= 4 is 16.8 Å². The van der Waals surface area contributed by atoms with Crippen molar-refractivity contribution < 1.29 is 0 Å². The maximum atomic E-state index is 4.61. The normalized spacial score (nSPS) is 28.6. The third-order valence-corrected chi connectivity index (χ3v) is 4.34. The summed E-state index contributed by atoms with van der Waals surface area (Å²) < 4.78 is 0. The van der Waals surface area contributed by atoms with Crippen molar-refractivity contribution in [1.82, 2.24) is 0 Å². The summed E-state index contributed by atoms with van der Waals surface area (Å²) in [6, 6.07) is 0. The standard InChI is InChI=1S/C10H17NS/c1-10(5-3-2-4-6-10)9-11-7-8-12-9/h2-8H2,1H3. The second-order valence-electron chi connectivity index (χ2n) is 4.16. The summed E-state index contributed by atoms with van der Waals surface area (Å²) in [7, 11) is 0. The van der Waals surface area contributed by atoms with Gasteiger partial charge in [-0.1, -0.05) is 26.2 Å². The molecule has 0 bridgehead atoms. The minimum Gasteiger partial charge on any atom is -0.281 e. The Bertz CT molecular complexity index is 192. The van der Waals surface area contributed by atoms with Crippen LogP contribution in [0.2, 0.25) is 0 Å². The van der Waals surface area contributed by atoms with Gasteiger partial charge in [-0.25, -0.2) is 0 Å². The molecule has 0 saturated heterocycles. The highest BCUT2D eigenvalue weighted by atomic mass is 32.2. The van der Waals surface area contributed by atoms with Crippen LogP contribution in [-0.2, 0) is 0 Å². The average molecular weight is 183 g/mol. The summed E-state index contributed by atoms with van der Waals surface area (Å²) in [5.74, 6) is 1.23. The fourth-order valence-electron chi connectivity index (χ4n) is 2.25. The quantitative estimate of drug-likeness (QED) is 0.608. The third kappa shape index (κ3) is 1.54. The summed E-state index contributed by atoms with van der Waals surface area (Å²) in [6.07, 6.45) is 7.01. The Balaban J connectivity index is 2.07. The zero-order chi connectivity index (χ0) is 8.44. The van der Waals surface area contributed by atoms with Crippen molar-refractivity contribution in [2.45, 2.75) is 39.0 Å². The maximum Gasteiger partial charge on any atom is 0.0736 e. The zero-order valence-corrected chi connectivity index (χ0v) is 8.62. The first kappa shape index (κ1) is 8.61. The molecule has 1 nitrogen and oxygen atoms in total. The Hall–Kier alpha value is 0.0200. The van der Waals surface area contributed by atoms with Crippen LogP contribution >= 0.6 is 11.8 Å². The van der Waals surface area contributed by atoms with Gasteiger partial charge in [0.25, 0.3) is 0 Å². The Morgan fingerprint density at radius 3 is 2.58 bits per heavy atom. The van der Waals surface area contributed by atoms with E-state index in [1.54, 1.807) is 0 Å². The number of thioether (sulfide) groups is 1. The largest absolute Gasteiger partial charge is 0.281 e. The minimum absolute atomic E-state index is 0.472. The molecule has 1 heterocycles. The molecule has 1 fully saturated rings. The van der Waals surface area contributed by atoms with E-state index in [4.69, 9.17) is 0 Å². The summed E-state index contributed by atoms with van der Waals surface area (Å²) in [5.41, 5.74) is 0.472. The van der Waals surface area contributed by atoms with E-state index in [9.17, 15) is 0 Å². The lowest BCUT2D eigenvalue weighted by Crippen LogP contribution is -2.27. The second kappa shape index (κ2) is 3.41. The van der Waals surface area contributed by atoms with Crippen molar-refractivity contribution in [3.05, 3.63) is 0 Å². The van der Waals surface area contributed by atoms with Crippen LogP contribution in [0.3, 0.4) is 0 Å². The van der Waals surface area contributed by atoms with Gasteiger partial charge >= 0.3 is 0 Å². The van der Waals surface area contributed by atoms with E-state index < -0.39 is 0 Å². The molecule has 12 heavy (non-hydrogen) atoms. The van der Waals surface area contributed by atoms with Crippen LogP contribution in [0.1, 0.15) is 39.0 Å². The fourth-order valence-corrected chi connectivity index (χ4v) is 3.36. The average Bonchev–Trinajstić information content (AvgIpc) is 2.58. The van der Waals surface area contributed by atoms with Crippen molar-refractivity contribution in [1.29, 1.82) is 0 Å². The topological polar surface area (TPSA) is 12.4 Å². The Morgan fingerprint density at radius 1 is 1.25 bits per heavy atom. The molecule has 1 saturated carbocycles. The van der Waals surface area contributed by atoms with Gasteiger partial charge in [0.2, 0.25) is 0 Å². The summed E-state index contributed by atoms with van der Waals surface area (Å²) in [5, 5.41) is 1.46. The molecule has 0 atom stereocenters. The second-order valence-corrected chi connectivity index (χ2v) is 5.24. The van der Waals surface area contributed by atoms with E-state index in [1.165, 1.54) is 42.9 Å². The number of rotatable bonds is 1. The van der Waals surface area contributed by atoms with E-state index in [0.717, 1.165) is 6.54 Å². The zero-order valence-electron chi connectivity index (χ0n) is 7.81. The highest BCUT2D eigenvalue weighted by Crippen LogP contribution is 2.41. The monoisotopic (exact) mass is 183 g/mol. The number of aliphatic imine (C=N–C) groups is 1. The van der Waals surface area contributed by atoms with Gasteiger partial charge in [-0.15, -0.1) is 11.8 Å². The van der Waals surface area contributed by atoms with Gasteiger partial charge < -0.3 is 0 Å². The van der Waals surface area contributed by atoms with Gasteiger partial charge in [-0.3, -0.25) is 4.99 Å². The molecule has 2 aliphatic rings. The van der Waals surface area contributed by atoms with E-state index in [-0.39, 0.29) is 0 Å². The van der Waals surface area contributed by atoms with Gasteiger partial charge in [0.15, 0.2) is 0 Å². The first-order valence-electron chi connectivity index (χ1n) is 4.99. The maximum absolute atomic E-state index is 4.61. The Labute approximate surface area is 79.0 Å². The van der Waals surface area contributed by atoms with Gasteiger partial charge in [0.05, 0.1) is 5.04 Å². The predicted molar refractivity (Wildman–Crippen MR) is 56.0 cm³/mol. The first-order chi connectivity index (χ1) is 5.81. The third-order valence-electron chi connectivity index (χ3n) is 3.06. The SMILES string of the molecule is CC1(C2=NCCS2)CCCCC1. The van der Waals surface area contributed by atoms with Crippen LogP contribution in [0.15, 0.2) is 4.99 Å². The molecule has 0 spiro atoms. The highest BCUT2D eigenvalue weighted by Gasteiger charge is 2.33. The number of hydrogen-bond acceptors (Lipinski definition) is 2. The van der Waals surface area contributed by atoms with E-state index in [2.05, 4.69) is 11.9 Å². The smallest absolute Gasteiger partial charge is 0.0736 e. The van der Waals surface area contributed by atoms with Crippen molar-refractivity contribution in [3.63, 3.8) is 0 Å². The van der Waals surface area contributed by atoms with E-state index in [1.807, 2.05) is 11.8 Å². The molecule has 1 aliphatic carbocycles. The molecule has 68 valence electrons. The summed E-state index contributed by atoms with van der Waals surface area (Å²) >= 11 is 2.00. The van der Waals surface area contributed by atoms with Crippen LogP contribution in [0, 0.1) is 5.41 Å². The molecule has 2 heteroatoms. The number of hydrogen-bond donors (Lipinski definition) is 0. The van der Waals surface area contributed by atoms with Crippen LogP contribution in [0.5, 0.6) is 0 Å². The molecule has 0 radical (unpaired) electrons. The van der Waals surface area contributed by atoms with Crippen LogP contribution in [0.4, 0.5) is 0 Å². The molecular weight excluding hydrogens is 166 g/mol. The lowest BCUT2D eigenvalue weighted by atomic mass is 9.76. The molecule has 1 aliphatic heterocycles. The molecule has 0 aromatic carbocycles. The van der Waals surface area contributed by atoms with Gasteiger partial charge in [0.1, 0.15) is 0 Å². The highest BCUT2D eigenvalue weighted by molar-refractivity contribution is 8.14. The van der Waals surface area contributed by atoms with E-state index in [0.29, 0.717) is 5.41 Å². The summed E-state index contributed by atoms with van der Waals surface area (Å²) in [6.45, 7) is 3.47. The van der Waals surface area contributed by atoms with Crippen molar-refractivity contribution in [2.24, 2.45) is 10.4 Å². The van der Waals surface area contributed by atoms with Crippen molar-refractivity contribution in [3.8, 4) is 0 Å². The first-order valence-corrected chi connectivity index (χ1v) is 5.98. The van der Waals surface area contributed by atoms with Crippen LogP contribution in [0.25, 0.3) is 0 Å². The molecular formula is C10H17NS. The lowest BCUT2D eigenvalue weighted by Gasteiger charge is -2.33. The van der Waals surface area contributed by atoms with Crippen LogP contribution < -0.4 is 0 Å². The Kier molecular flexibility index (Phi) is 2.44.